The zero-order valence-corrected chi connectivity index (χ0v) is 18.4. The fourth-order valence-electron chi connectivity index (χ4n) is 2.92. The average molecular weight is 435 g/mol. The maximum Gasteiger partial charge on any atom is 0.338 e. The Hall–Kier alpha value is -3.94. The van der Waals surface area contributed by atoms with Gasteiger partial charge in [-0.3, -0.25) is 9.59 Å². The van der Waals surface area contributed by atoms with Crippen molar-refractivity contribution >= 4 is 17.6 Å². The summed E-state index contributed by atoms with van der Waals surface area (Å²) in [5.74, 6) is -0.770. The van der Waals surface area contributed by atoms with Crippen molar-refractivity contribution in [2.75, 3.05) is 11.9 Å². The van der Waals surface area contributed by atoms with Gasteiger partial charge in [0.25, 0.3) is 11.5 Å². The highest BCUT2D eigenvalue weighted by molar-refractivity contribution is 5.96. The molecule has 3 rings (SSSR count). The van der Waals surface area contributed by atoms with Crippen molar-refractivity contribution in [3.63, 3.8) is 0 Å². The summed E-state index contributed by atoms with van der Waals surface area (Å²) in [4.78, 5) is 36.7. The topological polar surface area (TPSA) is 99.5 Å². The van der Waals surface area contributed by atoms with E-state index in [0.717, 1.165) is 11.1 Å². The van der Waals surface area contributed by atoms with E-state index in [1.54, 1.807) is 38.1 Å². The number of nitrogens with zero attached hydrogens (tertiary/aromatic N) is 2. The van der Waals surface area contributed by atoms with Crippen LogP contribution in [0.2, 0.25) is 0 Å². The van der Waals surface area contributed by atoms with Crippen LogP contribution in [0.25, 0.3) is 5.69 Å². The maximum atomic E-state index is 12.6. The third-order valence-electron chi connectivity index (χ3n) is 4.82. The first-order chi connectivity index (χ1) is 15.3. The van der Waals surface area contributed by atoms with E-state index in [-0.39, 0.29) is 18.0 Å². The Morgan fingerprint density at radius 2 is 1.84 bits per heavy atom. The van der Waals surface area contributed by atoms with Gasteiger partial charge in [0, 0.05) is 17.8 Å². The van der Waals surface area contributed by atoms with Gasteiger partial charge in [-0.15, -0.1) is 5.10 Å². The highest BCUT2D eigenvalue weighted by Gasteiger charge is 2.17. The minimum atomic E-state index is -0.903. The smallest absolute Gasteiger partial charge is 0.338 e. The zero-order valence-electron chi connectivity index (χ0n) is 18.4. The van der Waals surface area contributed by atoms with Gasteiger partial charge in [0.1, 0.15) is 0 Å². The predicted octanol–water partition coefficient (Wildman–Crippen LogP) is 3.43. The van der Waals surface area contributed by atoms with Crippen molar-refractivity contribution in [2.45, 2.75) is 33.8 Å². The van der Waals surface area contributed by atoms with Crippen LogP contribution in [0.4, 0.5) is 5.69 Å². The molecule has 0 unspecified atom stereocenters. The van der Waals surface area contributed by atoms with Crippen molar-refractivity contribution in [1.29, 1.82) is 0 Å². The second-order valence-corrected chi connectivity index (χ2v) is 7.24. The molecular formula is C24H25N3O5. The van der Waals surface area contributed by atoms with Gasteiger partial charge < -0.3 is 14.8 Å². The molecule has 0 aliphatic rings. The third kappa shape index (κ3) is 5.40. The summed E-state index contributed by atoms with van der Waals surface area (Å²) >= 11 is 0. The summed E-state index contributed by atoms with van der Waals surface area (Å²) in [7, 11) is 0. The van der Waals surface area contributed by atoms with Crippen molar-refractivity contribution < 1.29 is 19.1 Å². The molecule has 0 fully saturated rings. The minimum absolute atomic E-state index is 0.130. The predicted molar refractivity (Wildman–Crippen MR) is 120 cm³/mol. The average Bonchev–Trinajstić information content (AvgIpc) is 2.77. The van der Waals surface area contributed by atoms with Crippen LogP contribution in [0.5, 0.6) is 5.88 Å². The largest absolute Gasteiger partial charge is 0.463 e. The van der Waals surface area contributed by atoms with Crippen LogP contribution in [0, 0.1) is 13.8 Å². The number of aryl methyl sites for hydroxylation is 2. The van der Waals surface area contributed by atoms with Gasteiger partial charge in [0.15, 0.2) is 6.10 Å². The number of aromatic nitrogens is 2. The summed E-state index contributed by atoms with van der Waals surface area (Å²) in [5, 5.41) is 6.94. The molecule has 8 nitrogen and oxygen atoms in total. The molecular weight excluding hydrogens is 410 g/mol. The molecule has 0 saturated heterocycles. The molecule has 0 saturated carbocycles. The molecule has 1 amide bonds. The van der Waals surface area contributed by atoms with Gasteiger partial charge in [-0.25, -0.2) is 4.79 Å². The molecule has 0 spiro atoms. The number of anilines is 1. The van der Waals surface area contributed by atoms with Gasteiger partial charge in [-0.1, -0.05) is 12.1 Å². The number of benzene rings is 2. The lowest BCUT2D eigenvalue weighted by atomic mass is 10.1. The van der Waals surface area contributed by atoms with Crippen LogP contribution < -0.4 is 15.6 Å². The number of ether oxygens (including phenoxy) is 2. The molecule has 0 aliphatic carbocycles. The fourth-order valence-corrected chi connectivity index (χ4v) is 2.92. The Kier molecular flexibility index (Phi) is 7.04. The van der Waals surface area contributed by atoms with Crippen molar-refractivity contribution in [3.8, 4) is 11.6 Å². The van der Waals surface area contributed by atoms with Crippen molar-refractivity contribution in [3.05, 3.63) is 81.6 Å². The lowest BCUT2D eigenvalue weighted by Gasteiger charge is -2.15. The summed E-state index contributed by atoms with van der Waals surface area (Å²) in [6.07, 6.45) is -0.903. The molecule has 2 aromatic carbocycles. The number of nitrogens with one attached hydrogen (secondary N) is 1. The first-order valence-electron chi connectivity index (χ1n) is 10.2. The number of amides is 1. The molecule has 1 heterocycles. The molecule has 0 bridgehead atoms. The second kappa shape index (κ2) is 9.91. The second-order valence-electron chi connectivity index (χ2n) is 7.24. The van der Waals surface area contributed by atoms with E-state index < -0.39 is 18.0 Å². The lowest BCUT2D eigenvalue weighted by Crippen LogP contribution is -2.31. The van der Waals surface area contributed by atoms with E-state index >= 15 is 0 Å². The molecule has 32 heavy (non-hydrogen) atoms. The van der Waals surface area contributed by atoms with E-state index in [4.69, 9.17) is 9.47 Å². The van der Waals surface area contributed by atoms with Crippen molar-refractivity contribution in [1.82, 2.24) is 9.78 Å². The Bertz CT molecular complexity index is 1200. The molecule has 0 radical (unpaired) electrons. The van der Waals surface area contributed by atoms with E-state index in [1.165, 1.54) is 22.9 Å². The summed E-state index contributed by atoms with van der Waals surface area (Å²) in [5.41, 5.74) is 3.20. The molecule has 1 N–H and O–H groups in total. The standard InChI is InChI=1S/C24H25N3O5/c1-5-31-24(30)18-7-6-8-19(14-18)25-23(29)17(4)32-21-11-12-22(28)27(26-21)20-10-9-15(2)16(3)13-20/h6-14,17H,5H2,1-4H3,(H,25,29)/t17-/m0/s1. The Labute approximate surface area is 185 Å². The molecule has 8 heteroatoms. The normalized spacial score (nSPS) is 11.5. The lowest BCUT2D eigenvalue weighted by molar-refractivity contribution is -0.122. The Morgan fingerprint density at radius 3 is 2.56 bits per heavy atom. The van der Waals surface area contributed by atoms with Crippen LogP contribution in [0.3, 0.4) is 0 Å². The molecule has 166 valence electrons. The Balaban J connectivity index is 1.73. The minimum Gasteiger partial charge on any atom is -0.463 e. The van der Waals surface area contributed by atoms with Gasteiger partial charge in [-0.2, -0.15) is 4.68 Å². The maximum absolute atomic E-state index is 12.6. The van der Waals surface area contributed by atoms with Gasteiger partial charge in [0.2, 0.25) is 5.88 Å². The van der Waals surface area contributed by atoms with E-state index in [0.29, 0.717) is 16.9 Å². The first-order valence-corrected chi connectivity index (χ1v) is 10.2. The highest BCUT2D eigenvalue weighted by Crippen LogP contribution is 2.15. The number of hydrogen-bond donors (Lipinski definition) is 1. The van der Waals surface area contributed by atoms with Crippen LogP contribution in [-0.2, 0) is 9.53 Å². The summed E-state index contributed by atoms with van der Waals surface area (Å²) < 4.78 is 11.9. The van der Waals surface area contributed by atoms with Gasteiger partial charge in [-0.05, 0) is 69.2 Å². The zero-order chi connectivity index (χ0) is 23.3. The Morgan fingerprint density at radius 1 is 1.06 bits per heavy atom. The molecule has 3 aromatic rings. The first kappa shape index (κ1) is 22.7. The summed E-state index contributed by atoms with van der Waals surface area (Å²) in [6, 6.07) is 14.8. The SMILES string of the molecule is CCOC(=O)c1cccc(NC(=O)[C@H](C)Oc2ccc(=O)n(-c3ccc(C)c(C)c3)n2)c1. The fraction of sp³-hybridized carbons (Fsp3) is 0.250. The molecule has 1 aromatic heterocycles. The van der Waals surface area contributed by atoms with Crippen LogP contribution in [-0.4, -0.2) is 34.4 Å². The van der Waals surface area contributed by atoms with Crippen LogP contribution >= 0.6 is 0 Å². The summed E-state index contributed by atoms with van der Waals surface area (Å²) in [6.45, 7) is 7.49. The van der Waals surface area contributed by atoms with Gasteiger partial charge in [0.05, 0.1) is 17.9 Å². The number of hydrogen-bond acceptors (Lipinski definition) is 6. The number of esters is 1. The van der Waals surface area contributed by atoms with Crippen LogP contribution in [0.15, 0.2) is 59.4 Å². The van der Waals surface area contributed by atoms with E-state index in [9.17, 15) is 14.4 Å². The van der Waals surface area contributed by atoms with E-state index in [1.807, 2.05) is 26.0 Å². The monoisotopic (exact) mass is 435 g/mol. The number of carbonyl (C=O) groups excluding carboxylic acids is 2. The molecule has 0 aliphatic heterocycles. The third-order valence-corrected chi connectivity index (χ3v) is 4.82. The van der Waals surface area contributed by atoms with E-state index in [2.05, 4.69) is 10.4 Å². The number of rotatable bonds is 7. The van der Waals surface area contributed by atoms with Crippen LogP contribution in [0.1, 0.15) is 35.3 Å². The van der Waals surface area contributed by atoms with Crippen molar-refractivity contribution in [2.24, 2.45) is 0 Å². The quantitative estimate of drug-likeness (QED) is 0.571. The number of carbonyl (C=O) groups is 2. The molecule has 1 atom stereocenters. The van der Waals surface area contributed by atoms with Gasteiger partial charge >= 0.3 is 5.97 Å². The highest BCUT2D eigenvalue weighted by atomic mass is 16.5.